The zero-order valence-corrected chi connectivity index (χ0v) is 24.1. The van der Waals surface area contributed by atoms with E-state index in [2.05, 4.69) is 5.32 Å². The predicted octanol–water partition coefficient (Wildman–Crippen LogP) is 4.44. The number of carbonyl (C=O) groups is 4. The molecule has 0 radical (unpaired) electrons. The van der Waals surface area contributed by atoms with Gasteiger partial charge < -0.3 is 24.6 Å². The second kappa shape index (κ2) is 10.8. The third kappa shape index (κ3) is 6.73. The first kappa shape index (κ1) is 28.9. The number of esters is 1. The van der Waals surface area contributed by atoms with Gasteiger partial charge in [0.15, 0.2) is 0 Å². The molecular weight excluding hydrogens is 498 g/mol. The number of para-hydroxylation sites is 1. The Morgan fingerprint density at radius 2 is 1.64 bits per heavy atom. The van der Waals surface area contributed by atoms with E-state index in [-0.39, 0.29) is 30.9 Å². The molecule has 3 amide bonds. The average Bonchev–Trinajstić information content (AvgIpc) is 3.55. The number of anilines is 1. The van der Waals surface area contributed by atoms with Gasteiger partial charge in [0, 0.05) is 30.6 Å². The zero-order chi connectivity index (χ0) is 28.6. The summed E-state index contributed by atoms with van der Waals surface area (Å²) in [6, 6.07) is 7.64. The van der Waals surface area contributed by atoms with E-state index in [4.69, 9.17) is 9.47 Å². The molecule has 39 heavy (non-hydrogen) atoms. The number of nitrogens with one attached hydrogen (secondary N) is 1. The van der Waals surface area contributed by atoms with E-state index < -0.39 is 40.6 Å². The summed E-state index contributed by atoms with van der Waals surface area (Å²) in [5.41, 5.74) is -1.20. The van der Waals surface area contributed by atoms with Gasteiger partial charge in [0.2, 0.25) is 11.8 Å². The second-order valence-electron chi connectivity index (χ2n) is 13.5. The van der Waals surface area contributed by atoms with E-state index in [0.717, 1.165) is 31.4 Å². The molecule has 2 saturated heterocycles. The van der Waals surface area contributed by atoms with Crippen molar-refractivity contribution in [2.24, 2.45) is 10.8 Å². The number of amides is 3. The van der Waals surface area contributed by atoms with Crippen LogP contribution >= 0.6 is 0 Å². The molecule has 3 fully saturated rings. The van der Waals surface area contributed by atoms with Crippen LogP contribution in [0, 0.1) is 10.8 Å². The maximum atomic E-state index is 14.2. The van der Waals surface area contributed by atoms with Crippen LogP contribution in [0.5, 0.6) is 0 Å². The van der Waals surface area contributed by atoms with Gasteiger partial charge >= 0.3 is 12.1 Å². The van der Waals surface area contributed by atoms with Gasteiger partial charge in [0.1, 0.15) is 23.8 Å². The standard InChI is InChI=1S/C30H43N3O6/c1-28(2,3)24(31-27(37)38-21-14-10-11-15-21)25(35)33-19-30(16-22(33)26(36)39-29(4,5)6)17-23(34)32(18-30)20-12-8-7-9-13-20/h7-9,12-13,21-22,24H,10-11,14-19H2,1-6H3,(H,31,37)/t22?,24?,30-/m0/s1. The van der Waals surface area contributed by atoms with E-state index in [0.29, 0.717) is 13.0 Å². The highest BCUT2D eigenvalue weighted by atomic mass is 16.6. The summed E-state index contributed by atoms with van der Waals surface area (Å²) in [4.78, 5) is 56.9. The molecule has 1 N–H and O–H groups in total. The Balaban J connectivity index is 1.59. The highest BCUT2D eigenvalue weighted by Crippen LogP contribution is 2.45. The summed E-state index contributed by atoms with van der Waals surface area (Å²) in [5, 5.41) is 2.81. The molecule has 0 bridgehead atoms. The molecule has 214 valence electrons. The lowest BCUT2D eigenvalue weighted by Crippen LogP contribution is -2.57. The quantitative estimate of drug-likeness (QED) is 0.553. The van der Waals surface area contributed by atoms with Crippen LogP contribution in [0.15, 0.2) is 30.3 Å². The highest BCUT2D eigenvalue weighted by Gasteiger charge is 2.56. The molecule has 1 aromatic rings. The van der Waals surface area contributed by atoms with Crippen LogP contribution in [0.1, 0.15) is 80.1 Å². The molecule has 9 heteroatoms. The van der Waals surface area contributed by atoms with Crippen molar-refractivity contribution in [3.8, 4) is 0 Å². The predicted molar refractivity (Wildman–Crippen MR) is 147 cm³/mol. The number of hydrogen-bond donors (Lipinski definition) is 1. The Bertz CT molecular complexity index is 1090. The third-order valence-corrected chi connectivity index (χ3v) is 7.81. The molecule has 3 aliphatic rings. The van der Waals surface area contributed by atoms with Gasteiger partial charge in [-0.15, -0.1) is 0 Å². The van der Waals surface area contributed by atoms with E-state index in [9.17, 15) is 19.2 Å². The number of hydrogen-bond acceptors (Lipinski definition) is 6. The molecule has 2 aliphatic heterocycles. The van der Waals surface area contributed by atoms with Crippen LogP contribution < -0.4 is 10.2 Å². The Morgan fingerprint density at radius 1 is 1.00 bits per heavy atom. The maximum Gasteiger partial charge on any atom is 0.408 e. The fourth-order valence-electron chi connectivity index (χ4n) is 5.97. The molecule has 0 aromatic heterocycles. The molecule has 2 heterocycles. The van der Waals surface area contributed by atoms with Crippen LogP contribution in [0.25, 0.3) is 0 Å². The Kier molecular flexibility index (Phi) is 8.01. The zero-order valence-electron chi connectivity index (χ0n) is 24.1. The second-order valence-corrected chi connectivity index (χ2v) is 13.5. The lowest BCUT2D eigenvalue weighted by molar-refractivity contribution is -0.164. The Hall–Kier alpha value is -3.10. The van der Waals surface area contributed by atoms with Crippen molar-refractivity contribution in [3.63, 3.8) is 0 Å². The number of rotatable bonds is 5. The molecule has 1 saturated carbocycles. The number of nitrogens with zero attached hydrogens (tertiary/aromatic N) is 2. The summed E-state index contributed by atoms with van der Waals surface area (Å²) in [6.45, 7) is 11.6. The minimum Gasteiger partial charge on any atom is -0.458 e. The van der Waals surface area contributed by atoms with Crippen molar-refractivity contribution >= 4 is 29.6 Å². The molecule has 9 nitrogen and oxygen atoms in total. The van der Waals surface area contributed by atoms with E-state index >= 15 is 0 Å². The normalized spacial score (nSPS) is 24.8. The molecule has 1 aliphatic carbocycles. The van der Waals surface area contributed by atoms with Gasteiger partial charge in [0.25, 0.3) is 0 Å². The fourth-order valence-corrected chi connectivity index (χ4v) is 5.97. The van der Waals surface area contributed by atoms with Crippen LogP contribution in [-0.4, -0.2) is 65.7 Å². The van der Waals surface area contributed by atoms with Crippen LogP contribution in [0.3, 0.4) is 0 Å². The SMILES string of the molecule is CC(C)(C)OC(=O)C1C[C@@]2(CC(=O)N(c3ccccc3)C2)CN1C(=O)C(NC(=O)OC1CCCC1)C(C)(C)C. The largest absolute Gasteiger partial charge is 0.458 e. The van der Waals surface area contributed by atoms with Crippen molar-refractivity contribution in [3.05, 3.63) is 30.3 Å². The van der Waals surface area contributed by atoms with E-state index in [1.807, 2.05) is 51.1 Å². The van der Waals surface area contributed by atoms with Crippen molar-refractivity contribution in [1.29, 1.82) is 0 Å². The first-order valence-electron chi connectivity index (χ1n) is 14.0. The lowest BCUT2D eigenvalue weighted by atomic mass is 9.84. The minimum atomic E-state index is -0.922. The summed E-state index contributed by atoms with van der Waals surface area (Å²) in [7, 11) is 0. The van der Waals surface area contributed by atoms with Gasteiger partial charge in [-0.05, 0) is 70.4 Å². The Labute approximate surface area is 231 Å². The van der Waals surface area contributed by atoms with Gasteiger partial charge in [0.05, 0.1) is 0 Å². The Morgan fingerprint density at radius 3 is 2.23 bits per heavy atom. The molecule has 1 spiro atoms. The van der Waals surface area contributed by atoms with E-state index in [1.54, 1.807) is 25.7 Å². The average molecular weight is 542 g/mol. The van der Waals surface area contributed by atoms with Crippen LogP contribution in [-0.2, 0) is 23.9 Å². The molecule has 3 atom stereocenters. The first-order valence-corrected chi connectivity index (χ1v) is 14.0. The van der Waals surface area contributed by atoms with Gasteiger partial charge in [-0.1, -0.05) is 39.0 Å². The minimum absolute atomic E-state index is 0.0379. The molecular formula is C30H43N3O6. The number of ether oxygens (including phenoxy) is 2. The van der Waals surface area contributed by atoms with Crippen molar-refractivity contribution in [1.82, 2.24) is 10.2 Å². The van der Waals surface area contributed by atoms with Crippen molar-refractivity contribution in [2.45, 2.75) is 104 Å². The number of benzene rings is 1. The maximum absolute atomic E-state index is 14.2. The summed E-state index contributed by atoms with van der Waals surface area (Å²) >= 11 is 0. The van der Waals surface area contributed by atoms with Gasteiger partial charge in [-0.2, -0.15) is 0 Å². The third-order valence-electron chi connectivity index (χ3n) is 7.81. The monoisotopic (exact) mass is 541 g/mol. The van der Waals surface area contributed by atoms with Crippen LogP contribution in [0.2, 0.25) is 0 Å². The smallest absolute Gasteiger partial charge is 0.408 e. The lowest BCUT2D eigenvalue weighted by Gasteiger charge is -2.36. The van der Waals surface area contributed by atoms with Gasteiger partial charge in [-0.25, -0.2) is 9.59 Å². The molecule has 1 aromatic carbocycles. The molecule has 4 rings (SSSR count). The number of likely N-dealkylation sites (tertiary alicyclic amines) is 1. The summed E-state index contributed by atoms with van der Waals surface area (Å²) in [6.07, 6.45) is 3.46. The first-order chi connectivity index (χ1) is 18.2. The topological polar surface area (TPSA) is 105 Å². The van der Waals surface area contributed by atoms with Crippen molar-refractivity contribution < 1.29 is 28.7 Å². The number of alkyl carbamates (subject to hydrolysis) is 1. The highest BCUT2D eigenvalue weighted by molar-refractivity contribution is 5.97. The summed E-state index contributed by atoms with van der Waals surface area (Å²) < 4.78 is 11.3. The van der Waals surface area contributed by atoms with E-state index in [1.165, 1.54) is 4.90 Å². The van der Waals surface area contributed by atoms with Crippen LogP contribution in [0.4, 0.5) is 10.5 Å². The number of carbonyl (C=O) groups excluding carboxylic acids is 4. The van der Waals surface area contributed by atoms with Gasteiger partial charge in [-0.3, -0.25) is 9.59 Å². The molecule has 2 unspecified atom stereocenters. The van der Waals surface area contributed by atoms with Crippen molar-refractivity contribution in [2.75, 3.05) is 18.0 Å². The summed E-state index contributed by atoms with van der Waals surface area (Å²) in [5.74, 6) is -0.909. The fraction of sp³-hybridized carbons (Fsp3) is 0.667.